The summed E-state index contributed by atoms with van der Waals surface area (Å²) < 4.78 is 7.17. The molecule has 0 fully saturated rings. The summed E-state index contributed by atoms with van der Waals surface area (Å²) in [6, 6.07) is 6.04. The number of benzene rings is 1. The minimum atomic E-state index is -0.385. The van der Waals surface area contributed by atoms with E-state index in [4.69, 9.17) is 4.42 Å². The number of carbonyl (C=O) groups is 1. The second-order valence-electron chi connectivity index (χ2n) is 6.50. The highest BCUT2D eigenvalue weighted by Gasteiger charge is 2.20. The fourth-order valence-corrected chi connectivity index (χ4v) is 3.28. The quantitative estimate of drug-likeness (QED) is 0.622. The van der Waals surface area contributed by atoms with Gasteiger partial charge < -0.3 is 9.73 Å². The molecule has 0 aliphatic rings. The van der Waals surface area contributed by atoms with Crippen LogP contribution in [0.3, 0.4) is 0 Å². The molecule has 1 aromatic carbocycles. The van der Waals surface area contributed by atoms with E-state index in [1.807, 2.05) is 32.0 Å². The van der Waals surface area contributed by atoms with Gasteiger partial charge >= 0.3 is 0 Å². The van der Waals surface area contributed by atoms with E-state index in [1.54, 1.807) is 11.0 Å². The fraction of sp³-hybridized carbons (Fsp3) is 0.389. The van der Waals surface area contributed by atoms with Gasteiger partial charge in [0.1, 0.15) is 19.2 Å². The van der Waals surface area contributed by atoms with Crippen LogP contribution in [0.4, 0.5) is 5.69 Å². The minimum absolute atomic E-state index is 0.104. The second kappa shape index (κ2) is 8.34. The fourth-order valence-electron chi connectivity index (χ4n) is 2.57. The molecule has 1 unspecified atom stereocenters. The highest BCUT2D eigenvalue weighted by Crippen LogP contribution is 2.29. The highest BCUT2D eigenvalue weighted by atomic mass is 32.2. The first-order valence-electron chi connectivity index (χ1n) is 8.66. The number of nitrogens with zero attached hydrogens (tertiary/aromatic N) is 5. The monoisotopic (exact) mass is 386 g/mol. The van der Waals surface area contributed by atoms with Crippen molar-refractivity contribution in [2.24, 2.45) is 0 Å². The van der Waals surface area contributed by atoms with Crippen molar-refractivity contribution < 1.29 is 9.21 Å². The van der Waals surface area contributed by atoms with E-state index < -0.39 is 0 Å². The average Bonchev–Trinajstić information content (AvgIpc) is 3.29. The predicted molar refractivity (Wildman–Crippen MR) is 103 cm³/mol. The van der Waals surface area contributed by atoms with Crippen LogP contribution in [0.5, 0.6) is 0 Å². The number of thioether (sulfide) groups is 1. The lowest BCUT2D eigenvalue weighted by Gasteiger charge is -2.18. The van der Waals surface area contributed by atoms with Gasteiger partial charge in [-0.1, -0.05) is 43.8 Å². The lowest BCUT2D eigenvalue weighted by molar-refractivity contribution is -0.115. The van der Waals surface area contributed by atoms with Gasteiger partial charge in [-0.05, 0) is 30.9 Å². The molecule has 2 aromatic heterocycles. The number of para-hydroxylation sites is 1. The molecule has 3 aromatic rings. The van der Waals surface area contributed by atoms with Gasteiger partial charge in [0.25, 0.3) is 5.22 Å². The highest BCUT2D eigenvalue weighted by molar-refractivity contribution is 8.00. The number of hydrogen-bond acceptors (Lipinski definition) is 7. The van der Waals surface area contributed by atoms with Gasteiger partial charge in [0.05, 0.1) is 5.25 Å². The van der Waals surface area contributed by atoms with Gasteiger partial charge in [-0.2, -0.15) is 5.10 Å². The number of rotatable bonds is 7. The van der Waals surface area contributed by atoms with Crippen LogP contribution in [-0.2, 0) is 11.3 Å². The number of aromatic nitrogens is 5. The smallest absolute Gasteiger partial charge is 0.277 e. The topological polar surface area (TPSA) is 98.7 Å². The number of nitrogens with one attached hydrogen (secondary N) is 1. The van der Waals surface area contributed by atoms with Crippen LogP contribution >= 0.6 is 11.8 Å². The maximum absolute atomic E-state index is 12.7. The first-order chi connectivity index (χ1) is 12.9. The summed E-state index contributed by atoms with van der Waals surface area (Å²) in [5.74, 6) is 0.627. The summed E-state index contributed by atoms with van der Waals surface area (Å²) in [6.07, 6.45) is 3.01. The molecule has 142 valence electrons. The lowest BCUT2D eigenvalue weighted by atomic mass is 9.98. The Bertz CT molecular complexity index is 906. The number of carbonyl (C=O) groups excluding carboxylic acids is 1. The van der Waals surface area contributed by atoms with Crippen molar-refractivity contribution in [2.75, 3.05) is 5.32 Å². The molecule has 1 amide bonds. The van der Waals surface area contributed by atoms with Crippen LogP contribution in [0, 0.1) is 6.92 Å². The Morgan fingerprint density at radius 3 is 2.81 bits per heavy atom. The molecule has 1 N–H and O–H groups in total. The van der Waals surface area contributed by atoms with Crippen LogP contribution in [0.2, 0.25) is 0 Å². The molecule has 0 saturated heterocycles. The molecule has 0 radical (unpaired) electrons. The maximum Gasteiger partial charge on any atom is 0.277 e. The molecule has 27 heavy (non-hydrogen) atoms. The normalized spacial score (nSPS) is 12.3. The number of hydrogen-bond donors (Lipinski definition) is 1. The summed E-state index contributed by atoms with van der Waals surface area (Å²) in [5.41, 5.74) is 3.04. The standard InChI is InChI=1S/C18H22N6O2S/c1-11(2)14-7-5-6-12(3)16(14)21-17(25)13(4)27-18-23-22-15(26-18)8-24-10-19-9-20-24/h5-7,9-11,13H,8H2,1-4H3,(H,21,25). The Balaban J connectivity index is 1.64. The molecule has 0 aliphatic carbocycles. The molecular formula is C18H22N6O2S. The van der Waals surface area contributed by atoms with Crippen molar-refractivity contribution in [1.29, 1.82) is 0 Å². The van der Waals surface area contributed by atoms with E-state index in [-0.39, 0.29) is 11.2 Å². The van der Waals surface area contributed by atoms with E-state index in [1.165, 1.54) is 18.1 Å². The van der Waals surface area contributed by atoms with Crippen LogP contribution in [0.15, 0.2) is 40.5 Å². The zero-order chi connectivity index (χ0) is 19.4. The van der Waals surface area contributed by atoms with Gasteiger partial charge in [0.15, 0.2) is 0 Å². The van der Waals surface area contributed by atoms with Gasteiger partial charge in [-0.3, -0.25) is 4.79 Å². The zero-order valence-electron chi connectivity index (χ0n) is 15.7. The third kappa shape index (κ3) is 4.73. The van der Waals surface area contributed by atoms with Crippen molar-refractivity contribution in [1.82, 2.24) is 25.0 Å². The Morgan fingerprint density at radius 2 is 2.11 bits per heavy atom. The summed E-state index contributed by atoms with van der Waals surface area (Å²) in [5, 5.41) is 15.0. The van der Waals surface area contributed by atoms with Crippen molar-refractivity contribution in [3.63, 3.8) is 0 Å². The first-order valence-corrected chi connectivity index (χ1v) is 9.54. The van der Waals surface area contributed by atoms with Crippen LogP contribution in [0.25, 0.3) is 0 Å². The van der Waals surface area contributed by atoms with Crippen molar-refractivity contribution in [2.45, 2.75) is 50.6 Å². The van der Waals surface area contributed by atoms with E-state index in [9.17, 15) is 4.79 Å². The lowest BCUT2D eigenvalue weighted by Crippen LogP contribution is -2.23. The molecule has 0 aliphatic heterocycles. The number of amides is 1. The minimum Gasteiger partial charge on any atom is -0.414 e. The summed E-state index contributed by atoms with van der Waals surface area (Å²) >= 11 is 1.23. The summed E-state index contributed by atoms with van der Waals surface area (Å²) in [4.78, 5) is 16.5. The third-order valence-corrected chi connectivity index (χ3v) is 4.97. The largest absolute Gasteiger partial charge is 0.414 e. The predicted octanol–water partition coefficient (Wildman–Crippen LogP) is 3.26. The molecule has 9 heteroatoms. The van der Waals surface area contributed by atoms with Gasteiger partial charge in [0.2, 0.25) is 11.8 Å². The molecule has 0 saturated carbocycles. The molecule has 0 spiro atoms. The van der Waals surface area contributed by atoms with Crippen molar-refractivity contribution >= 4 is 23.4 Å². The SMILES string of the molecule is Cc1cccc(C(C)C)c1NC(=O)C(C)Sc1nnc(Cn2cncn2)o1. The number of aryl methyl sites for hydroxylation is 1. The first kappa shape index (κ1) is 19.1. The molecule has 0 bridgehead atoms. The average molecular weight is 386 g/mol. The van der Waals surface area contributed by atoms with Crippen molar-refractivity contribution in [3.8, 4) is 0 Å². The molecule has 1 atom stereocenters. The van der Waals surface area contributed by atoms with Gasteiger partial charge in [0, 0.05) is 5.69 Å². The Morgan fingerprint density at radius 1 is 1.30 bits per heavy atom. The molecule has 8 nitrogen and oxygen atoms in total. The molecular weight excluding hydrogens is 364 g/mol. The van der Waals surface area contributed by atoms with Crippen LogP contribution in [0.1, 0.15) is 43.7 Å². The Hall–Kier alpha value is -2.68. The van der Waals surface area contributed by atoms with Gasteiger partial charge in [-0.25, -0.2) is 9.67 Å². The maximum atomic E-state index is 12.7. The number of anilines is 1. The summed E-state index contributed by atoms with van der Waals surface area (Å²) in [7, 11) is 0. The summed E-state index contributed by atoms with van der Waals surface area (Å²) in [6.45, 7) is 8.37. The Kier molecular flexibility index (Phi) is 5.90. The van der Waals surface area contributed by atoms with E-state index in [2.05, 4.69) is 39.4 Å². The van der Waals surface area contributed by atoms with Crippen LogP contribution < -0.4 is 5.32 Å². The van der Waals surface area contributed by atoms with Crippen molar-refractivity contribution in [3.05, 3.63) is 47.9 Å². The second-order valence-corrected chi connectivity index (χ2v) is 7.79. The molecule has 3 rings (SSSR count). The van der Waals surface area contributed by atoms with E-state index >= 15 is 0 Å². The van der Waals surface area contributed by atoms with E-state index in [0.717, 1.165) is 16.8 Å². The zero-order valence-corrected chi connectivity index (χ0v) is 16.5. The molecule has 2 heterocycles. The van der Waals surface area contributed by atoms with Gasteiger partial charge in [-0.15, -0.1) is 10.2 Å². The third-order valence-electron chi connectivity index (χ3n) is 4.03. The van der Waals surface area contributed by atoms with Crippen LogP contribution in [-0.4, -0.2) is 36.1 Å². The Labute approximate surface area is 161 Å². The van der Waals surface area contributed by atoms with E-state index in [0.29, 0.717) is 23.6 Å².